The van der Waals surface area contributed by atoms with Gasteiger partial charge in [0.2, 0.25) is 5.91 Å². The van der Waals surface area contributed by atoms with Gasteiger partial charge in [0.25, 0.3) is 11.8 Å². The molecule has 8 heteroatoms. The minimum absolute atomic E-state index is 0.0977. The summed E-state index contributed by atoms with van der Waals surface area (Å²) in [4.78, 5) is 39.2. The van der Waals surface area contributed by atoms with Crippen LogP contribution in [0.4, 0.5) is 11.4 Å². The lowest BCUT2D eigenvalue weighted by Crippen LogP contribution is -2.30. The van der Waals surface area contributed by atoms with E-state index in [0.717, 1.165) is 26.2 Å². The highest BCUT2D eigenvalue weighted by Gasteiger charge is 2.15. The lowest BCUT2D eigenvalue weighted by Gasteiger charge is -2.12. The molecule has 0 heterocycles. The number of aryl methyl sites for hydroxylation is 1. The number of anilines is 2. The van der Waals surface area contributed by atoms with Crippen LogP contribution in [0.15, 0.2) is 118 Å². The van der Waals surface area contributed by atoms with E-state index in [0.29, 0.717) is 11.3 Å². The fraction of sp³-hybridized carbons (Fsp3) is 0.0645. The molecule has 3 N–H and O–H groups in total. The monoisotopic (exact) mass is 599 g/mol. The molecule has 0 bridgehead atoms. The van der Waals surface area contributed by atoms with Crippen molar-refractivity contribution in [2.75, 3.05) is 16.4 Å². The van der Waals surface area contributed by atoms with Crippen LogP contribution in [0.3, 0.4) is 0 Å². The van der Waals surface area contributed by atoms with E-state index in [1.165, 1.54) is 11.8 Å². The van der Waals surface area contributed by atoms with E-state index in [9.17, 15) is 14.4 Å². The van der Waals surface area contributed by atoms with Gasteiger partial charge in [0, 0.05) is 26.3 Å². The summed E-state index contributed by atoms with van der Waals surface area (Å²) in [6.07, 6.45) is 1.62. The van der Waals surface area contributed by atoms with E-state index in [-0.39, 0.29) is 23.3 Å². The number of hydrogen-bond acceptors (Lipinski definition) is 4. The molecule has 0 aliphatic rings. The van der Waals surface area contributed by atoms with E-state index >= 15 is 0 Å². The third kappa shape index (κ3) is 8.70. The summed E-state index contributed by atoms with van der Waals surface area (Å²) in [5, 5.41) is 8.47. The molecule has 4 aromatic carbocycles. The van der Waals surface area contributed by atoms with Gasteiger partial charge in [0.1, 0.15) is 5.70 Å². The number of amides is 3. The van der Waals surface area contributed by atoms with E-state index < -0.39 is 5.91 Å². The normalized spacial score (nSPS) is 11.0. The third-order valence-corrected chi connectivity index (χ3v) is 6.98. The zero-order chi connectivity index (χ0) is 27.6. The number of halogens is 1. The maximum Gasteiger partial charge on any atom is 0.272 e. The quantitative estimate of drug-likeness (QED) is 0.144. The molecule has 0 fully saturated rings. The SMILES string of the molecule is Cc1cccc(NC(=O)CSc2ccc(NC(=O)/C(=C/c3cccc(Br)c3)NC(=O)c3ccccc3)cc2)c1. The Bertz CT molecular complexity index is 1510. The van der Waals surface area contributed by atoms with Crippen molar-refractivity contribution in [3.63, 3.8) is 0 Å². The number of benzene rings is 4. The second-order valence-electron chi connectivity index (χ2n) is 8.62. The van der Waals surface area contributed by atoms with Crippen molar-refractivity contribution in [3.05, 3.63) is 130 Å². The lowest BCUT2D eigenvalue weighted by molar-refractivity contribution is -0.114. The van der Waals surface area contributed by atoms with Crippen LogP contribution in [-0.4, -0.2) is 23.5 Å². The number of thioether (sulfide) groups is 1. The fourth-order valence-corrected chi connectivity index (χ4v) is 4.72. The Morgan fingerprint density at radius 3 is 2.26 bits per heavy atom. The highest BCUT2D eigenvalue weighted by Crippen LogP contribution is 2.22. The highest BCUT2D eigenvalue weighted by molar-refractivity contribution is 9.10. The van der Waals surface area contributed by atoms with Crippen molar-refractivity contribution in [1.82, 2.24) is 5.32 Å². The summed E-state index contributed by atoms with van der Waals surface area (Å²) in [6, 6.07) is 31.0. The standard InChI is InChI=1S/C31H26BrN3O3S/c1-21-7-5-12-26(17-21)33-29(36)20-39-27-15-13-25(14-16-27)34-31(38)28(19-22-8-6-11-24(32)18-22)35-30(37)23-9-3-2-4-10-23/h2-19H,20H2,1H3,(H,33,36)(H,34,38)(H,35,37)/b28-19-. The van der Waals surface area contributed by atoms with Crippen LogP contribution in [0.25, 0.3) is 6.08 Å². The first-order valence-corrected chi connectivity index (χ1v) is 13.9. The van der Waals surface area contributed by atoms with Crippen molar-refractivity contribution in [1.29, 1.82) is 0 Å². The minimum Gasteiger partial charge on any atom is -0.325 e. The van der Waals surface area contributed by atoms with Gasteiger partial charge in [0.15, 0.2) is 0 Å². The molecule has 0 saturated heterocycles. The van der Waals surface area contributed by atoms with Crippen LogP contribution in [0.1, 0.15) is 21.5 Å². The summed E-state index contributed by atoms with van der Waals surface area (Å²) >= 11 is 4.83. The molecule has 196 valence electrons. The van der Waals surface area contributed by atoms with Gasteiger partial charge in [-0.15, -0.1) is 11.8 Å². The van der Waals surface area contributed by atoms with Gasteiger partial charge < -0.3 is 16.0 Å². The van der Waals surface area contributed by atoms with Crippen LogP contribution < -0.4 is 16.0 Å². The summed E-state index contributed by atoms with van der Waals surface area (Å²) < 4.78 is 0.853. The number of rotatable bonds is 9. The molecule has 4 aromatic rings. The Morgan fingerprint density at radius 2 is 1.54 bits per heavy atom. The summed E-state index contributed by atoms with van der Waals surface area (Å²) in [7, 11) is 0. The van der Waals surface area contributed by atoms with Gasteiger partial charge in [-0.25, -0.2) is 0 Å². The topological polar surface area (TPSA) is 87.3 Å². The summed E-state index contributed by atoms with van der Waals surface area (Å²) in [6.45, 7) is 1.97. The number of nitrogens with one attached hydrogen (secondary N) is 3. The van der Waals surface area contributed by atoms with E-state index in [4.69, 9.17) is 0 Å². The molecule has 4 rings (SSSR count). The van der Waals surface area contributed by atoms with Gasteiger partial charge in [-0.1, -0.05) is 58.4 Å². The van der Waals surface area contributed by atoms with Gasteiger partial charge in [-0.05, 0) is 84.8 Å². The molecule has 0 aromatic heterocycles. The molecule has 0 saturated carbocycles. The molecule has 39 heavy (non-hydrogen) atoms. The Hall–Kier alpha value is -4.14. The molecule has 0 spiro atoms. The summed E-state index contributed by atoms with van der Waals surface area (Å²) in [5.74, 6) is -0.690. The first kappa shape index (κ1) is 27.9. The maximum atomic E-state index is 13.2. The average molecular weight is 601 g/mol. The minimum atomic E-state index is -0.461. The van der Waals surface area contributed by atoms with Gasteiger partial charge >= 0.3 is 0 Å². The third-order valence-electron chi connectivity index (χ3n) is 5.47. The second-order valence-corrected chi connectivity index (χ2v) is 10.6. The van der Waals surface area contributed by atoms with Gasteiger partial charge in [-0.2, -0.15) is 0 Å². The Morgan fingerprint density at radius 1 is 0.795 bits per heavy atom. The largest absolute Gasteiger partial charge is 0.325 e. The number of hydrogen-bond donors (Lipinski definition) is 3. The molecule has 0 aliphatic carbocycles. The second kappa shape index (κ2) is 13.6. The van der Waals surface area contributed by atoms with Crippen LogP contribution >= 0.6 is 27.7 Å². The van der Waals surface area contributed by atoms with E-state index in [1.54, 1.807) is 42.5 Å². The molecule has 6 nitrogen and oxygen atoms in total. The van der Waals surface area contributed by atoms with Crippen molar-refractivity contribution in [2.24, 2.45) is 0 Å². The molecule has 3 amide bonds. The predicted molar refractivity (Wildman–Crippen MR) is 162 cm³/mol. The molecular formula is C31H26BrN3O3S. The molecule has 0 atom stereocenters. The van der Waals surface area contributed by atoms with E-state index in [2.05, 4.69) is 31.9 Å². The predicted octanol–water partition coefficient (Wildman–Crippen LogP) is 6.90. The van der Waals surface area contributed by atoms with Crippen molar-refractivity contribution in [2.45, 2.75) is 11.8 Å². The maximum absolute atomic E-state index is 13.2. The van der Waals surface area contributed by atoms with Crippen LogP contribution in [0, 0.1) is 6.92 Å². The zero-order valence-corrected chi connectivity index (χ0v) is 23.5. The number of carbonyl (C=O) groups excluding carboxylic acids is 3. The Kier molecular flexibility index (Phi) is 9.72. The molecule has 0 aliphatic heterocycles. The summed E-state index contributed by atoms with van der Waals surface area (Å²) in [5.41, 5.74) is 3.70. The van der Waals surface area contributed by atoms with Crippen LogP contribution in [-0.2, 0) is 9.59 Å². The molecular weight excluding hydrogens is 574 g/mol. The van der Waals surface area contributed by atoms with Gasteiger partial charge in [0.05, 0.1) is 5.75 Å². The average Bonchev–Trinajstić information content (AvgIpc) is 2.93. The zero-order valence-electron chi connectivity index (χ0n) is 21.1. The van der Waals surface area contributed by atoms with E-state index in [1.807, 2.05) is 73.7 Å². The first-order chi connectivity index (χ1) is 18.9. The Labute approximate surface area is 240 Å². The fourth-order valence-electron chi connectivity index (χ4n) is 3.61. The van der Waals surface area contributed by atoms with Crippen molar-refractivity contribution in [3.8, 4) is 0 Å². The smallest absolute Gasteiger partial charge is 0.272 e. The van der Waals surface area contributed by atoms with Crippen molar-refractivity contribution >= 4 is 62.9 Å². The number of carbonyl (C=O) groups is 3. The lowest BCUT2D eigenvalue weighted by atomic mass is 10.1. The van der Waals surface area contributed by atoms with Gasteiger partial charge in [-0.3, -0.25) is 14.4 Å². The molecule has 0 unspecified atom stereocenters. The van der Waals surface area contributed by atoms with Crippen LogP contribution in [0.2, 0.25) is 0 Å². The van der Waals surface area contributed by atoms with Crippen molar-refractivity contribution < 1.29 is 14.4 Å². The Balaban J connectivity index is 1.40. The first-order valence-electron chi connectivity index (χ1n) is 12.1. The van der Waals surface area contributed by atoms with Crippen LogP contribution in [0.5, 0.6) is 0 Å². The molecule has 0 radical (unpaired) electrons. The highest BCUT2D eigenvalue weighted by atomic mass is 79.9.